The first-order valence-corrected chi connectivity index (χ1v) is 8.06. The lowest BCUT2D eigenvalue weighted by atomic mass is 10.1. The fourth-order valence-corrected chi connectivity index (χ4v) is 2.25. The second-order valence-electron chi connectivity index (χ2n) is 5.55. The van der Waals surface area contributed by atoms with Crippen molar-refractivity contribution in [2.75, 3.05) is 0 Å². The Balaban J connectivity index is 1.53. The minimum atomic E-state index is -0.353. The van der Waals surface area contributed by atoms with Gasteiger partial charge in [-0.15, -0.1) is 0 Å². The maximum absolute atomic E-state index is 13.1. The summed E-state index contributed by atoms with van der Waals surface area (Å²) in [7, 11) is 0. The molecule has 1 N–H and O–H groups in total. The van der Waals surface area contributed by atoms with Crippen molar-refractivity contribution in [2.24, 2.45) is 5.10 Å². The summed E-state index contributed by atoms with van der Waals surface area (Å²) in [5.41, 5.74) is 4.42. The molecule has 0 bridgehead atoms. The first kappa shape index (κ1) is 17.4. The molecule has 26 heavy (non-hydrogen) atoms. The van der Waals surface area contributed by atoms with Crippen molar-refractivity contribution < 1.29 is 13.9 Å². The van der Waals surface area contributed by atoms with Crippen LogP contribution in [0.5, 0.6) is 5.75 Å². The first-order chi connectivity index (χ1) is 12.7. The molecule has 0 aromatic heterocycles. The van der Waals surface area contributed by atoms with Crippen LogP contribution in [0.25, 0.3) is 0 Å². The lowest BCUT2D eigenvalue weighted by Crippen LogP contribution is -2.17. The number of hydrazone groups is 1. The number of nitrogens with zero attached hydrogens (tertiary/aromatic N) is 1. The highest BCUT2D eigenvalue weighted by Gasteiger charge is 2.04. The lowest BCUT2D eigenvalue weighted by molar-refractivity contribution is 0.0955. The van der Waals surface area contributed by atoms with E-state index in [0.29, 0.717) is 17.7 Å². The van der Waals surface area contributed by atoms with Gasteiger partial charge in [0.25, 0.3) is 5.91 Å². The molecule has 0 radical (unpaired) electrons. The Hall–Kier alpha value is -3.47. The van der Waals surface area contributed by atoms with Crippen LogP contribution < -0.4 is 10.2 Å². The van der Waals surface area contributed by atoms with Crippen molar-refractivity contribution in [2.45, 2.75) is 6.61 Å². The van der Waals surface area contributed by atoms with Crippen molar-refractivity contribution >= 4 is 12.1 Å². The Morgan fingerprint density at radius 2 is 1.77 bits per heavy atom. The van der Waals surface area contributed by atoms with Crippen LogP contribution in [0.3, 0.4) is 0 Å². The largest absolute Gasteiger partial charge is 0.489 e. The van der Waals surface area contributed by atoms with E-state index in [4.69, 9.17) is 4.74 Å². The van der Waals surface area contributed by atoms with E-state index in [1.807, 2.05) is 42.5 Å². The molecule has 3 aromatic carbocycles. The molecule has 5 heteroatoms. The molecule has 0 spiro atoms. The topological polar surface area (TPSA) is 50.7 Å². The average Bonchev–Trinajstić information content (AvgIpc) is 2.67. The number of hydrogen-bond acceptors (Lipinski definition) is 3. The zero-order valence-corrected chi connectivity index (χ0v) is 13.9. The van der Waals surface area contributed by atoms with Crippen molar-refractivity contribution in [1.29, 1.82) is 0 Å². The highest BCUT2D eigenvalue weighted by Crippen LogP contribution is 2.12. The van der Waals surface area contributed by atoms with Gasteiger partial charge in [0.1, 0.15) is 18.2 Å². The number of hydrogen-bond donors (Lipinski definition) is 1. The fourth-order valence-electron chi connectivity index (χ4n) is 2.25. The molecule has 0 aliphatic heterocycles. The van der Waals surface area contributed by atoms with Crippen LogP contribution in [0.15, 0.2) is 84.0 Å². The first-order valence-electron chi connectivity index (χ1n) is 8.06. The van der Waals surface area contributed by atoms with E-state index in [-0.39, 0.29) is 11.7 Å². The van der Waals surface area contributed by atoms with Gasteiger partial charge in [-0.05, 0) is 47.5 Å². The Labute approximate surface area is 150 Å². The summed E-state index contributed by atoms with van der Waals surface area (Å²) in [4.78, 5) is 12.1. The van der Waals surface area contributed by atoms with E-state index < -0.39 is 0 Å². The highest BCUT2D eigenvalue weighted by atomic mass is 19.1. The summed E-state index contributed by atoms with van der Waals surface area (Å²) < 4.78 is 18.7. The summed E-state index contributed by atoms with van der Waals surface area (Å²) in [6, 6.07) is 22.5. The number of ether oxygens (including phenoxy) is 1. The van der Waals surface area contributed by atoms with Gasteiger partial charge in [0.05, 0.1) is 6.21 Å². The molecular formula is C21H17FN2O2. The van der Waals surface area contributed by atoms with E-state index in [1.54, 1.807) is 24.3 Å². The molecule has 0 saturated heterocycles. The van der Waals surface area contributed by atoms with Crippen LogP contribution in [-0.4, -0.2) is 12.1 Å². The quantitative estimate of drug-likeness (QED) is 0.537. The van der Waals surface area contributed by atoms with Gasteiger partial charge >= 0.3 is 0 Å². The van der Waals surface area contributed by atoms with Gasteiger partial charge in [-0.1, -0.05) is 42.5 Å². The van der Waals surface area contributed by atoms with E-state index in [1.165, 1.54) is 18.3 Å². The minimum Gasteiger partial charge on any atom is -0.489 e. The van der Waals surface area contributed by atoms with Crippen LogP contribution >= 0.6 is 0 Å². The maximum atomic E-state index is 13.1. The maximum Gasteiger partial charge on any atom is 0.271 e. The Morgan fingerprint density at radius 3 is 2.50 bits per heavy atom. The molecule has 0 fully saturated rings. The standard InChI is InChI=1S/C21H17FN2O2/c22-19-6-4-5-17(13-19)14-23-24-21(25)18-11-9-16(10-12-18)15-26-20-7-2-1-3-8-20/h1-14H,15H2,(H,24,25)/b23-14-. The van der Waals surface area contributed by atoms with Crippen LogP contribution in [0.2, 0.25) is 0 Å². The molecule has 4 nitrogen and oxygen atoms in total. The number of carbonyl (C=O) groups excluding carboxylic acids is 1. The molecule has 130 valence electrons. The molecule has 3 aromatic rings. The summed E-state index contributed by atoms with van der Waals surface area (Å²) in [6.45, 7) is 0.420. The van der Waals surface area contributed by atoms with Gasteiger partial charge in [-0.25, -0.2) is 9.82 Å². The molecule has 0 saturated carbocycles. The fraction of sp³-hybridized carbons (Fsp3) is 0.0476. The van der Waals surface area contributed by atoms with Gasteiger partial charge in [0.15, 0.2) is 0 Å². The number of para-hydroxylation sites is 1. The number of halogens is 1. The summed E-state index contributed by atoms with van der Waals surface area (Å²) in [6.07, 6.45) is 1.39. The molecular weight excluding hydrogens is 331 g/mol. The molecule has 0 atom stereocenters. The van der Waals surface area contributed by atoms with E-state index in [2.05, 4.69) is 10.5 Å². The van der Waals surface area contributed by atoms with Gasteiger partial charge in [-0.3, -0.25) is 4.79 Å². The van der Waals surface area contributed by atoms with E-state index >= 15 is 0 Å². The Bertz CT molecular complexity index is 893. The molecule has 0 aliphatic rings. The van der Waals surface area contributed by atoms with Gasteiger partial charge in [0, 0.05) is 5.56 Å². The van der Waals surface area contributed by atoms with Gasteiger partial charge in [0.2, 0.25) is 0 Å². The number of carbonyl (C=O) groups is 1. The SMILES string of the molecule is O=C(N/N=C\c1cccc(F)c1)c1ccc(COc2ccccc2)cc1. The molecule has 0 aliphatic carbocycles. The number of rotatable bonds is 6. The molecule has 0 unspecified atom stereocenters. The third kappa shape index (κ3) is 5.01. The van der Waals surface area contributed by atoms with Crippen molar-refractivity contribution in [1.82, 2.24) is 5.43 Å². The smallest absolute Gasteiger partial charge is 0.271 e. The normalized spacial score (nSPS) is 10.7. The second-order valence-corrected chi connectivity index (χ2v) is 5.55. The number of nitrogens with one attached hydrogen (secondary N) is 1. The molecule has 0 heterocycles. The Morgan fingerprint density at radius 1 is 1.00 bits per heavy atom. The third-order valence-corrected chi connectivity index (χ3v) is 3.59. The number of benzene rings is 3. The molecule has 1 amide bonds. The summed E-state index contributed by atoms with van der Waals surface area (Å²) >= 11 is 0. The zero-order valence-electron chi connectivity index (χ0n) is 13.9. The second kappa shape index (κ2) is 8.58. The van der Waals surface area contributed by atoms with Gasteiger partial charge < -0.3 is 4.74 Å². The van der Waals surface area contributed by atoms with Crippen LogP contribution in [0.1, 0.15) is 21.5 Å². The summed E-state index contributed by atoms with van der Waals surface area (Å²) in [5.74, 6) is 0.0998. The van der Waals surface area contributed by atoms with E-state index in [9.17, 15) is 9.18 Å². The predicted molar refractivity (Wildman–Crippen MR) is 98.7 cm³/mol. The minimum absolute atomic E-state index is 0.340. The third-order valence-electron chi connectivity index (χ3n) is 3.59. The predicted octanol–water partition coefficient (Wildman–Crippen LogP) is 4.17. The average molecular weight is 348 g/mol. The summed E-state index contributed by atoms with van der Waals surface area (Å²) in [5, 5.41) is 3.84. The Kier molecular flexibility index (Phi) is 5.72. The van der Waals surface area contributed by atoms with Crippen molar-refractivity contribution in [3.05, 3.63) is 101 Å². The van der Waals surface area contributed by atoms with Crippen LogP contribution in [-0.2, 0) is 6.61 Å². The van der Waals surface area contributed by atoms with Crippen LogP contribution in [0.4, 0.5) is 4.39 Å². The van der Waals surface area contributed by atoms with Gasteiger partial charge in [-0.2, -0.15) is 5.10 Å². The number of amides is 1. The highest BCUT2D eigenvalue weighted by molar-refractivity contribution is 5.94. The van der Waals surface area contributed by atoms with E-state index in [0.717, 1.165) is 11.3 Å². The van der Waals surface area contributed by atoms with Crippen molar-refractivity contribution in [3.63, 3.8) is 0 Å². The van der Waals surface area contributed by atoms with Crippen molar-refractivity contribution in [3.8, 4) is 5.75 Å². The van der Waals surface area contributed by atoms with Crippen LogP contribution in [0, 0.1) is 5.82 Å². The zero-order chi connectivity index (χ0) is 18.2. The molecule has 3 rings (SSSR count). The monoisotopic (exact) mass is 348 g/mol. The lowest BCUT2D eigenvalue weighted by Gasteiger charge is -2.06.